The molecule has 0 saturated heterocycles. The van der Waals surface area contributed by atoms with E-state index in [-0.39, 0.29) is 11.7 Å². The zero-order valence-electron chi connectivity index (χ0n) is 17.6. The molecule has 1 amide bonds. The second kappa shape index (κ2) is 9.64. The van der Waals surface area contributed by atoms with Gasteiger partial charge in [0.25, 0.3) is 0 Å². The number of hydrogen-bond acceptors (Lipinski definition) is 7. The van der Waals surface area contributed by atoms with E-state index in [1.165, 1.54) is 33.5 Å². The minimum Gasteiger partial charge on any atom is -0.316 e. The van der Waals surface area contributed by atoms with E-state index >= 15 is 0 Å². The number of benzene rings is 1. The van der Waals surface area contributed by atoms with Gasteiger partial charge in [-0.15, -0.1) is 21.5 Å². The second-order valence-corrected chi connectivity index (χ2v) is 9.50. The van der Waals surface area contributed by atoms with Gasteiger partial charge in [-0.3, -0.25) is 4.79 Å². The summed E-state index contributed by atoms with van der Waals surface area (Å²) >= 11 is 2.88. The Hall–Kier alpha value is -2.67. The van der Waals surface area contributed by atoms with Crippen LogP contribution < -0.4 is 5.32 Å². The number of nitrogens with one attached hydrogen (secondary N) is 1. The molecular weight excluding hydrogens is 428 g/mol. The van der Waals surface area contributed by atoms with Crippen molar-refractivity contribution in [1.82, 2.24) is 19.7 Å². The molecule has 3 aromatic rings. The van der Waals surface area contributed by atoms with Crippen LogP contribution in [0.3, 0.4) is 0 Å². The smallest absolute Gasteiger partial charge is 0.235 e. The van der Waals surface area contributed by atoms with Gasteiger partial charge in [-0.05, 0) is 31.5 Å². The first-order valence-corrected chi connectivity index (χ1v) is 12.0. The van der Waals surface area contributed by atoms with Crippen LogP contribution in [0.15, 0.2) is 35.5 Å². The van der Waals surface area contributed by atoms with E-state index < -0.39 is 0 Å². The van der Waals surface area contributed by atoms with Crippen molar-refractivity contribution in [1.29, 1.82) is 5.26 Å². The standard InChI is InChI=1S/C22H24N6OS2/c1-3-28-19(11-15-7-5-4-6-8-15)25-26-22(28)30-14-20(29)24-21-17(12-23)16-9-10-27(2)13-18(16)31-21/h4-8H,3,9-11,13-14H2,1-2H3,(H,24,29). The van der Waals surface area contributed by atoms with E-state index in [0.717, 1.165) is 42.6 Å². The summed E-state index contributed by atoms with van der Waals surface area (Å²) in [5.74, 6) is 0.971. The van der Waals surface area contributed by atoms with Crippen LogP contribution in [-0.2, 0) is 30.7 Å². The quantitative estimate of drug-likeness (QED) is 0.552. The maximum atomic E-state index is 12.6. The summed E-state index contributed by atoms with van der Waals surface area (Å²) in [6, 6.07) is 12.4. The van der Waals surface area contributed by atoms with E-state index in [0.29, 0.717) is 17.0 Å². The summed E-state index contributed by atoms with van der Waals surface area (Å²) in [7, 11) is 2.07. The highest BCUT2D eigenvalue weighted by Gasteiger charge is 2.24. The third-order valence-corrected chi connectivity index (χ3v) is 7.36. The molecule has 0 saturated carbocycles. The van der Waals surface area contributed by atoms with Gasteiger partial charge in [0.05, 0.1) is 11.3 Å². The molecule has 31 heavy (non-hydrogen) atoms. The van der Waals surface area contributed by atoms with Crippen molar-refractivity contribution in [2.75, 3.05) is 24.7 Å². The molecule has 7 nitrogen and oxygen atoms in total. The van der Waals surface area contributed by atoms with E-state index in [4.69, 9.17) is 0 Å². The van der Waals surface area contributed by atoms with Crippen LogP contribution in [0.25, 0.3) is 0 Å². The molecule has 0 atom stereocenters. The number of fused-ring (bicyclic) bond motifs is 1. The van der Waals surface area contributed by atoms with Gasteiger partial charge >= 0.3 is 0 Å². The highest BCUT2D eigenvalue weighted by Crippen LogP contribution is 2.36. The fraction of sp³-hybridized carbons (Fsp3) is 0.364. The molecule has 1 aliphatic rings. The Morgan fingerprint density at radius 1 is 1.32 bits per heavy atom. The van der Waals surface area contributed by atoms with Crippen molar-refractivity contribution < 1.29 is 4.79 Å². The van der Waals surface area contributed by atoms with Crippen molar-refractivity contribution in [3.8, 4) is 6.07 Å². The number of carbonyl (C=O) groups excluding carboxylic acids is 1. The van der Waals surface area contributed by atoms with Crippen molar-refractivity contribution >= 4 is 34.0 Å². The predicted octanol–water partition coefficient (Wildman–Crippen LogP) is 3.54. The molecule has 1 aromatic carbocycles. The van der Waals surface area contributed by atoms with Gasteiger partial charge in [0.1, 0.15) is 16.9 Å². The first kappa shape index (κ1) is 21.6. The van der Waals surface area contributed by atoms with Gasteiger partial charge in [0.15, 0.2) is 5.16 Å². The summed E-state index contributed by atoms with van der Waals surface area (Å²) in [6.45, 7) is 4.54. The number of aromatic nitrogens is 3. The molecule has 160 valence electrons. The Morgan fingerprint density at radius 3 is 2.87 bits per heavy atom. The Bertz CT molecular complexity index is 1120. The molecule has 0 unspecified atom stereocenters. The number of carbonyl (C=O) groups is 1. The number of nitriles is 1. The lowest BCUT2D eigenvalue weighted by Gasteiger charge is -2.21. The van der Waals surface area contributed by atoms with Gasteiger partial charge < -0.3 is 14.8 Å². The molecule has 2 aromatic heterocycles. The monoisotopic (exact) mass is 452 g/mol. The SMILES string of the molecule is CCn1c(Cc2ccccc2)nnc1SCC(=O)Nc1sc2c(c1C#N)CCN(C)C2. The minimum absolute atomic E-state index is 0.135. The predicted molar refractivity (Wildman–Crippen MR) is 123 cm³/mol. The molecule has 4 rings (SSSR count). The fourth-order valence-electron chi connectivity index (χ4n) is 3.68. The van der Waals surface area contributed by atoms with Gasteiger partial charge in [0.2, 0.25) is 5.91 Å². The number of hydrogen-bond donors (Lipinski definition) is 1. The normalized spacial score (nSPS) is 13.6. The van der Waals surface area contributed by atoms with E-state index in [1.54, 1.807) is 0 Å². The van der Waals surface area contributed by atoms with Crippen LogP contribution in [0, 0.1) is 11.3 Å². The van der Waals surface area contributed by atoms with Crippen molar-refractivity contribution in [3.63, 3.8) is 0 Å². The first-order valence-electron chi connectivity index (χ1n) is 10.2. The summed E-state index contributed by atoms with van der Waals surface area (Å²) in [5, 5.41) is 22.6. The minimum atomic E-state index is -0.135. The molecule has 0 bridgehead atoms. The lowest BCUT2D eigenvalue weighted by molar-refractivity contribution is -0.113. The molecule has 0 spiro atoms. The van der Waals surface area contributed by atoms with Gasteiger partial charge in [0, 0.05) is 30.9 Å². The second-order valence-electron chi connectivity index (χ2n) is 7.45. The molecule has 0 radical (unpaired) electrons. The number of thiophene rings is 1. The number of amides is 1. The molecular formula is C22H24N6OS2. The summed E-state index contributed by atoms with van der Waals surface area (Å²) < 4.78 is 2.05. The summed E-state index contributed by atoms with van der Waals surface area (Å²) in [6.07, 6.45) is 1.55. The lowest BCUT2D eigenvalue weighted by atomic mass is 10.0. The topological polar surface area (TPSA) is 86.8 Å². The first-order chi connectivity index (χ1) is 15.1. The van der Waals surface area contributed by atoms with Gasteiger partial charge in [-0.1, -0.05) is 42.1 Å². The van der Waals surface area contributed by atoms with Crippen LogP contribution in [0.1, 0.15) is 34.3 Å². The van der Waals surface area contributed by atoms with Crippen LogP contribution in [0.5, 0.6) is 0 Å². The number of likely N-dealkylation sites (N-methyl/N-ethyl adjacent to an activating group) is 1. The third kappa shape index (κ3) is 4.82. The highest BCUT2D eigenvalue weighted by atomic mass is 32.2. The Kier molecular flexibility index (Phi) is 6.70. The van der Waals surface area contributed by atoms with E-state index in [2.05, 4.69) is 45.7 Å². The van der Waals surface area contributed by atoms with Crippen molar-refractivity contribution in [2.45, 2.75) is 38.0 Å². The van der Waals surface area contributed by atoms with Crippen LogP contribution in [-0.4, -0.2) is 44.9 Å². The summed E-state index contributed by atoms with van der Waals surface area (Å²) in [4.78, 5) is 16.0. The van der Waals surface area contributed by atoms with Crippen LogP contribution >= 0.6 is 23.1 Å². The molecule has 0 aliphatic carbocycles. The highest BCUT2D eigenvalue weighted by molar-refractivity contribution is 7.99. The largest absolute Gasteiger partial charge is 0.316 e. The average molecular weight is 453 g/mol. The van der Waals surface area contributed by atoms with Crippen molar-refractivity contribution in [3.05, 3.63) is 57.7 Å². The van der Waals surface area contributed by atoms with E-state index in [1.807, 2.05) is 29.7 Å². The lowest BCUT2D eigenvalue weighted by Crippen LogP contribution is -2.25. The summed E-state index contributed by atoms with van der Waals surface area (Å²) in [5.41, 5.74) is 2.88. The fourth-order valence-corrected chi connectivity index (χ4v) is 5.80. The third-order valence-electron chi connectivity index (χ3n) is 5.26. The molecule has 3 heterocycles. The van der Waals surface area contributed by atoms with Gasteiger partial charge in [-0.25, -0.2) is 0 Å². The van der Waals surface area contributed by atoms with Crippen molar-refractivity contribution in [2.24, 2.45) is 0 Å². The average Bonchev–Trinajstić information content (AvgIpc) is 3.32. The molecule has 1 N–H and O–H groups in total. The van der Waals surface area contributed by atoms with E-state index in [9.17, 15) is 10.1 Å². The maximum Gasteiger partial charge on any atom is 0.235 e. The van der Waals surface area contributed by atoms with Crippen LogP contribution in [0.4, 0.5) is 5.00 Å². The number of nitrogens with zero attached hydrogens (tertiary/aromatic N) is 5. The number of thioether (sulfide) groups is 1. The molecule has 0 fully saturated rings. The zero-order valence-corrected chi connectivity index (χ0v) is 19.2. The number of rotatable bonds is 7. The Morgan fingerprint density at radius 2 is 2.13 bits per heavy atom. The molecule has 9 heteroatoms. The molecule has 1 aliphatic heterocycles. The Balaban J connectivity index is 1.41. The maximum absolute atomic E-state index is 12.6. The van der Waals surface area contributed by atoms with Crippen LogP contribution in [0.2, 0.25) is 0 Å². The Labute approximate surface area is 190 Å². The van der Waals surface area contributed by atoms with Gasteiger partial charge in [-0.2, -0.15) is 5.26 Å². The number of anilines is 1. The zero-order chi connectivity index (χ0) is 21.8.